The zero-order chi connectivity index (χ0) is 12.4. The highest BCUT2D eigenvalue weighted by Crippen LogP contribution is 2.28. The predicted octanol–water partition coefficient (Wildman–Crippen LogP) is 1.88. The summed E-state index contributed by atoms with van der Waals surface area (Å²) >= 11 is 0. The SMILES string of the molecule is COc1cccc(CN2CCCC3CNCC32)c1. The molecule has 2 aliphatic rings. The van der Waals surface area contributed by atoms with Gasteiger partial charge in [0.05, 0.1) is 7.11 Å². The average Bonchev–Trinajstić information content (AvgIpc) is 2.88. The lowest BCUT2D eigenvalue weighted by Crippen LogP contribution is -2.44. The first-order valence-corrected chi connectivity index (χ1v) is 6.94. The van der Waals surface area contributed by atoms with E-state index in [-0.39, 0.29) is 0 Å². The number of nitrogens with one attached hydrogen (secondary N) is 1. The van der Waals surface area contributed by atoms with Gasteiger partial charge in [-0.3, -0.25) is 4.90 Å². The van der Waals surface area contributed by atoms with Crippen LogP contribution in [-0.4, -0.2) is 37.7 Å². The molecule has 1 N–H and O–H groups in total. The van der Waals surface area contributed by atoms with Crippen LogP contribution in [0, 0.1) is 5.92 Å². The third-order valence-electron chi connectivity index (χ3n) is 4.31. The number of hydrogen-bond acceptors (Lipinski definition) is 3. The summed E-state index contributed by atoms with van der Waals surface area (Å²) in [6, 6.07) is 9.20. The molecule has 2 atom stereocenters. The van der Waals surface area contributed by atoms with E-state index in [1.807, 2.05) is 6.07 Å². The average molecular weight is 246 g/mol. The van der Waals surface area contributed by atoms with Crippen molar-refractivity contribution in [2.45, 2.75) is 25.4 Å². The van der Waals surface area contributed by atoms with Gasteiger partial charge in [-0.05, 0) is 49.5 Å². The first-order chi connectivity index (χ1) is 8.86. The molecule has 2 unspecified atom stereocenters. The topological polar surface area (TPSA) is 24.5 Å². The minimum absolute atomic E-state index is 0.741. The van der Waals surface area contributed by atoms with E-state index in [0.29, 0.717) is 0 Å². The number of likely N-dealkylation sites (tertiary alicyclic amines) is 1. The van der Waals surface area contributed by atoms with Crippen molar-refractivity contribution in [3.63, 3.8) is 0 Å². The fourth-order valence-electron chi connectivity index (χ4n) is 3.37. The first kappa shape index (κ1) is 12.0. The Labute approximate surface area is 109 Å². The molecule has 3 rings (SSSR count). The van der Waals surface area contributed by atoms with E-state index >= 15 is 0 Å². The molecule has 0 aliphatic carbocycles. The van der Waals surface area contributed by atoms with E-state index in [0.717, 1.165) is 30.8 Å². The number of ether oxygens (including phenoxy) is 1. The third-order valence-corrected chi connectivity index (χ3v) is 4.31. The fourth-order valence-corrected chi connectivity index (χ4v) is 3.37. The number of rotatable bonds is 3. The minimum Gasteiger partial charge on any atom is -0.497 e. The number of fused-ring (bicyclic) bond motifs is 1. The Balaban J connectivity index is 1.70. The van der Waals surface area contributed by atoms with Crippen molar-refractivity contribution in [1.29, 1.82) is 0 Å². The van der Waals surface area contributed by atoms with Crippen LogP contribution in [0.4, 0.5) is 0 Å². The number of hydrogen-bond donors (Lipinski definition) is 1. The van der Waals surface area contributed by atoms with Gasteiger partial charge >= 0.3 is 0 Å². The molecular formula is C15H22N2O. The van der Waals surface area contributed by atoms with E-state index in [1.165, 1.54) is 31.5 Å². The van der Waals surface area contributed by atoms with Crippen LogP contribution >= 0.6 is 0 Å². The lowest BCUT2D eigenvalue weighted by molar-refractivity contribution is 0.117. The second kappa shape index (κ2) is 5.29. The van der Waals surface area contributed by atoms with Gasteiger partial charge in [0.1, 0.15) is 5.75 Å². The summed E-state index contributed by atoms with van der Waals surface area (Å²) in [7, 11) is 1.73. The Morgan fingerprint density at radius 1 is 1.39 bits per heavy atom. The molecule has 0 aromatic heterocycles. The third kappa shape index (κ3) is 2.38. The number of benzene rings is 1. The van der Waals surface area contributed by atoms with Crippen molar-refractivity contribution in [2.75, 3.05) is 26.7 Å². The highest BCUT2D eigenvalue weighted by molar-refractivity contribution is 5.28. The lowest BCUT2D eigenvalue weighted by Gasteiger charge is -2.37. The molecule has 98 valence electrons. The Kier molecular flexibility index (Phi) is 3.52. The summed E-state index contributed by atoms with van der Waals surface area (Å²) in [4.78, 5) is 2.64. The maximum absolute atomic E-state index is 5.30. The van der Waals surface area contributed by atoms with Crippen molar-refractivity contribution in [3.05, 3.63) is 29.8 Å². The predicted molar refractivity (Wildman–Crippen MR) is 72.8 cm³/mol. The van der Waals surface area contributed by atoms with E-state index < -0.39 is 0 Å². The van der Waals surface area contributed by atoms with Crippen LogP contribution in [0.5, 0.6) is 5.75 Å². The Hall–Kier alpha value is -1.06. The summed E-state index contributed by atoms with van der Waals surface area (Å²) < 4.78 is 5.30. The van der Waals surface area contributed by atoms with Gasteiger partial charge in [-0.1, -0.05) is 12.1 Å². The molecule has 3 nitrogen and oxygen atoms in total. The van der Waals surface area contributed by atoms with Gasteiger partial charge in [-0.15, -0.1) is 0 Å². The maximum atomic E-state index is 5.30. The molecule has 0 bridgehead atoms. The van der Waals surface area contributed by atoms with Gasteiger partial charge in [-0.25, -0.2) is 0 Å². The normalized spacial score (nSPS) is 28.1. The number of piperidine rings is 1. The first-order valence-electron chi connectivity index (χ1n) is 6.94. The fraction of sp³-hybridized carbons (Fsp3) is 0.600. The van der Waals surface area contributed by atoms with Gasteiger partial charge in [0, 0.05) is 19.1 Å². The van der Waals surface area contributed by atoms with Gasteiger partial charge in [0.25, 0.3) is 0 Å². The van der Waals surface area contributed by atoms with E-state index in [4.69, 9.17) is 4.74 Å². The van der Waals surface area contributed by atoms with Crippen LogP contribution in [0.2, 0.25) is 0 Å². The summed E-state index contributed by atoms with van der Waals surface area (Å²) in [5, 5.41) is 3.54. The molecule has 2 aliphatic heterocycles. The summed E-state index contributed by atoms with van der Waals surface area (Å²) in [6.07, 6.45) is 2.74. The summed E-state index contributed by atoms with van der Waals surface area (Å²) in [5.74, 6) is 1.83. The van der Waals surface area contributed by atoms with Crippen molar-refractivity contribution in [2.24, 2.45) is 5.92 Å². The second-order valence-corrected chi connectivity index (χ2v) is 5.45. The van der Waals surface area contributed by atoms with Gasteiger partial charge in [0.2, 0.25) is 0 Å². The van der Waals surface area contributed by atoms with Crippen molar-refractivity contribution in [1.82, 2.24) is 10.2 Å². The van der Waals surface area contributed by atoms with Gasteiger partial charge < -0.3 is 10.1 Å². The zero-order valence-corrected chi connectivity index (χ0v) is 11.1. The summed E-state index contributed by atoms with van der Waals surface area (Å²) in [6.45, 7) is 4.66. The molecule has 0 amide bonds. The van der Waals surface area contributed by atoms with Crippen molar-refractivity contribution in [3.8, 4) is 5.75 Å². The van der Waals surface area contributed by atoms with E-state index in [1.54, 1.807) is 7.11 Å². The maximum Gasteiger partial charge on any atom is 0.119 e. The quantitative estimate of drug-likeness (QED) is 0.881. The molecule has 2 heterocycles. The number of methoxy groups -OCH3 is 1. The molecule has 2 fully saturated rings. The molecule has 3 heteroatoms. The van der Waals surface area contributed by atoms with Gasteiger partial charge in [-0.2, -0.15) is 0 Å². The smallest absolute Gasteiger partial charge is 0.119 e. The molecule has 0 radical (unpaired) electrons. The lowest BCUT2D eigenvalue weighted by atomic mass is 9.91. The standard InChI is InChI=1S/C15H22N2O/c1-18-14-6-2-4-12(8-14)11-17-7-3-5-13-9-16-10-15(13)17/h2,4,6,8,13,15-16H,3,5,7,9-11H2,1H3. The van der Waals surface area contributed by atoms with Crippen LogP contribution in [0.15, 0.2) is 24.3 Å². The van der Waals surface area contributed by atoms with Crippen molar-refractivity contribution >= 4 is 0 Å². The van der Waals surface area contributed by atoms with Crippen LogP contribution in [0.1, 0.15) is 18.4 Å². The molecule has 1 aromatic rings. The monoisotopic (exact) mass is 246 g/mol. The molecule has 0 saturated carbocycles. The molecular weight excluding hydrogens is 224 g/mol. The molecule has 2 saturated heterocycles. The zero-order valence-electron chi connectivity index (χ0n) is 11.1. The highest BCUT2D eigenvalue weighted by Gasteiger charge is 2.34. The largest absolute Gasteiger partial charge is 0.497 e. The minimum atomic E-state index is 0.741. The second-order valence-electron chi connectivity index (χ2n) is 5.45. The number of nitrogens with zero attached hydrogens (tertiary/aromatic N) is 1. The van der Waals surface area contributed by atoms with Crippen LogP contribution in [-0.2, 0) is 6.54 Å². The Bertz CT molecular complexity index is 407. The van der Waals surface area contributed by atoms with Crippen molar-refractivity contribution < 1.29 is 4.74 Å². The van der Waals surface area contributed by atoms with Crippen LogP contribution in [0.3, 0.4) is 0 Å². The molecule has 18 heavy (non-hydrogen) atoms. The van der Waals surface area contributed by atoms with E-state index in [2.05, 4.69) is 28.4 Å². The molecule has 1 aromatic carbocycles. The van der Waals surface area contributed by atoms with Crippen LogP contribution in [0.25, 0.3) is 0 Å². The van der Waals surface area contributed by atoms with Gasteiger partial charge in [0.15, 0.2) is 0 Å². The molecule has 0 spiro atoms. The van der Waals surface area contributed by atoms with Crippen LogP contribution < -0.4 is 10.1 Å². The Morgan fingerprint density at radius 3 is 3.22 bits per heavy atom. The van der Waals surface area contributed by atoms with E-state index in [9.17, 15) is 0 Å². The highest BCUT2D eigenvalue weighted by atomic mass is 16.5. The Morgan fingerprint density at radius 2 is 2.33 bits per heavy atom. The summed E-state index contributed by atoms with van der Waals surface area (Å²) in [5.41, 5.74) is 1.36.